The Balaban J connectivity index is 1.58. The second-order valence-electron chi connectivity index (χ2n) is 9.16. The fraction of sp³-hybridized carbons (Fsp3) is 0.375. The molecule has 1 N–H and O–H groups in total. The van der Waals surface area contributed by atoms with Crippen molar-refractivity contribution in [3.05, 3.63) is 57.1 Å². The number of rotatable bonds is 1. The predicted molar refractivity (Wildman–Crippen MR) is 122 cm³/mol. The molecule has 6 nitrogen and oxygen atoms in total. The molecule has 6 rings (SSSR count). The number of amides is 3. The second-order valence-corrected chi connectivity index (χ2v) is 10.0. The van der Waals surface area contributed by atoms with Gasteiger partial charge in [0.1, 0.15) is 5.54 Å². The molecule has 3 saturated heterocycles. The zero-order valence-corrected chi connectivity index (χ0v) is 19.1. The van der Waals surface area contributed by atoms with Crippen molar-refractivity contribution in [3.63, 3.8) is 0 Å². The summed E-state index contributed by atoms with van der Waals surface area (Å²) in [5, 5.41) is 4.01. The van der Waals surface area contributed by atoms with Crippen molar-refractivity contribution in [2.24, 2.45) is 11.8 Å². The van der Waals surface area contributed by atoms with E-state index in [-0.39, 0.29) is 23.8 Å². The average molecular weight is 470 g/mol. The summed E-state index contributed by atoms with van der Waals surface area (Å²) in [5.74, 6) is -2.19. The number of carbonyl (C=O) groups excluding carboxylic acids is 3. The Hall–Kier alpha value is -2.41. The number of nitrogens with one attached hydrogen (secondary N) is 1. The van der Waals surface area contributed by atoms with E-state index in [1.54, 1.807) is 24.3 Å². The topological polar surface area (TPSA) is 69.7 Å². The third kappa shape index (κ3) is 2.23. The predicted octanol–water partition coefficient (Wildman–Crippen LogP) is 4.04. The monoisotopic (exact) mass is 469 g/mol. The van der Waals surface area contributed by atoms with Gasteiger partial charge in [0.15, 0.2) is 0 Å². The van der Waals surface area contributed by atoms with Crippen LogP contribution in [0.25, 0.3) is 0 Å². The third-order valence-electron chi connectivity index (χ3n) is 7.77. The Kier molecular flexibility index (Phi) is 4.15. The van der Waals surface area contributed by atoms with E-state index in [1.165, 1.54) is 4.90 Å². The lowest BCUT2D eigenvalue weighted by Gasteiger charge is -2.36. The lowest BCUT2D eigenvalue weighted by Crippen LogP contribution is -2.54. The Labute approximate surface area is 195 Å². The largest absolute Gasteiger partial charge is 0.324 e. The number of hydrogen-bond donors (Lipinski definition) is 1. The van der Waals surface area contributed by atoms with E-state index >= 15 is 0 Å². The molecule has 1 spiro atoms. The van der Waals surface area contributed by atoms with Crippen molar-refractivity contribution >= 4 is 52.3 Å². The van der Waals surface area contributed by atoms with Crippen LogP contribution in [0.15, 0.2) is 30.3 Å². The SMILES string of the molecule is Cc1ccc(Cl)cc1N1C(=O)[C@@H]2[C@@H]3CCCN3[C@@]3(C(=O)Nc4c3ccc(Cl)c4C)[C@H]2C1=O. The maximum atomic E-state index is 14.0. The van der Waals surface area contributed by atoms with Gasteiger partial charge in [0.05, 0.1) is 23.2 Å². The van der Waals surface area contributed by atoms with Crippen LogP contribution in [-0.2, 0) is 19.9 Å². The summed E-state index contributed by atoms with van der Waals surface area (Å²) in [4.78, 5) is 44.8. The Morgan fingerprint density at radius 2 is 1.84 bits per heavy atom. The molecule has 8 heteroatoms. The zero-order chi connectivity index (χ0) is 22.5. The molecule has 32 heavy (non-hydrogen) atoms. The van der Waals surface area contributed by atoms with Crippen LogP contribution in [0.5, 0.6) is 0 Å². The summed E-state index contributed by atoms with van der Waals surface area (Å²) < 4.78 is 0. The molecule has 3 amide bonds. The highest BCUT2D eigenvalue weighted by Crippen LogP contribution is 2.61. The van der Waals surface area contributed by atoms with E-state index in [0.717, 1.165) is 29.5 Å². The number of nitrogens with zero attached hydrogens (tertiary/aromatic N) is 2. The first-order valence-electron chi connectivity index (χ1n) is 10.8. The number of carbonyl (C=O) groups is 3. The van der Waals surface area contributed by atoms with Crippen LogP contribution in [0.3, 0.4) is 0 Å². The van der Waals surface area contributed by atoms with E-state index in [9.17, 15) is 14.4 Å². The Morgan fingerprint density at radius 1 is 1.06 bits per heavy atom. The molecule has 3 fully saturated rings. The molecular weight excluding hydrogens is 449 g/mol. The second kappa shape index (κ2) is 6.56. The number of halogens is 2. The van der Waals surface area contributed by atoms with Gasteiger partial charge in [0.25, 0.3) is 0 Å². The summed E-state index contributed by atoms with van der Waals surface area (Å²) in [6.45, 7) is 4.38. The van der Waals surface area contributed by atoms with E-state index in [0.29, 0.717) is 28.0 Å². The van der Waals surface area contributed by atoms with Crippen molar-refractivity contribution in [2.45, 2.75) is 38.3 Å². The van der Waals surface area contributed by atoms with Gasteiger partial charge in [-0.15, -0.1) is 0 Å². The summed E-state index contributed by atoms with van der Waals surface area (Å²) in [5.41, 5.74) is 2.25. The first-order valence-corrected chi connectivity index (χ1v) is 11.6. The average Bonchev–Trinajstić information content (AvgIpc) is 3.46. The van der Waals surface area contributed by atoms with Crippen LogP contribution in [0, 0.1) is 25.7 Å². The molecule has 0 radical (unpaired) electrons. The molecule has 4 atom stereocenters. The highest BCUT2D eigenvalue weighted by atomic mass is 35.5. The van der Waals surface area contributed by atoms with Gasteiger partial charge in [-0.2, -0.15) is 0 Å². The summed E-state index contributed by atoms with van der Waals surface area (Å²) in [6.07, 6.45) is 1.65. The number of benzene rings is 2. The standard InChI is InChI=1S/C24H21Cl2N3O3/c1-11-5-6-13(25)10-17(11)29-21(30)18-16-4-3-9-28(16)24(19(18)22(29)31)14-7-8-15(26)12(2)20(14)27-23(24)32/h5-8,10,16,18-19H,3-4,9H2,1-2H3,(H,27,32)/t16-,18+,19+,24+/m0/s1. The van der Waals surface area contributed by atoms with Crippen LogP contribution in [0.2, 0.25) is 10.0 Å². The number of imide groups is 1. The zero-order valence-electron chi connectivity index (χ0n) is 17.6. The number of anilines is 2. The van der Waals surface area contributed by atoms with Crippen LogP contribution in [0.1, 0.15) is 29.5 Å². The molecule has 164 valence electrons. The van der Waals surface area contributed by atoms with Gasteiger partial charge < -0.3 is 5.32 Å². The third-order valence-corrected chi connectivity index (χ3v) is 8.42. The minimum atomic E-state index is -1.20. The van der Waals surface area contributed by atoms with Crippen LogP contribution in [-0.4, -0.2) is 35.2 Å². The van der Waals surface area contributed by atoms with Gasteiger partial charge >= 0.3 is 0 Å². The fourth-order valence-corrected chi connectivity index (χ4v) is 6.78. The highest BCUT2D eigenvalue weighted by Gasteiger charge is 2.74. The molecule has 4 aliphatic heterocycles. The molecule has 0 aromatic heterocycles. The molecule has 0 bridgehead atoms. The molecule has 2 aromatic rings. The van der Waals surface area contributed by atoms with E-state index < -0.39 is 17.4 Å². The van der Waals surface area contributed by atoms with Gasteiger partial charge in [-0.05, 0) is 62.6 Å². The van der Waals surface area contributed by atoms with Crippen molar-refractivity contribution < 1.29 is 14.4 Å². The maximum Gasteiger partial charge on any atom is 0.250 e. The van der Waals surface area contributed by atoms with Crippen molar-refractivity contribution in [3.8, 4) is 0 Å². The minimum Gasteiger partial charge on any atom is -0.324 e. The smallest absolute Gasteiger partial charge is 0.250 e. The minimum absolute atomic E-state index is 0.159. The molecule has 0 unspecified atom stereocenters. The quantitative estimate of drug-likeness (QED) is 0.639. The van der Waals surface area contributed by atoms with Crippen molar-refractivity contribution in [2.75, 3.05) is 16.8 Å². The molecule has 0 aliphatic carbocycles. The van der Waals surface area contributed by atoms with E-state index in [4.69, 9.17) is 23.2 Å². The van der Waals surface area contributed by atoms with E-state index in [2.05, 4.69) is 10.2 Å². The highest BCUT2D eigenvalue weighted by molar-refractivity contribution is 6.33. The van der Waals surface area contributed by atoms with Crippen LogP contribution >= 0.6 is 23.2 Å². The number of hydrogen-bond acceptors (Lipinski definition) is 4. The van der Waals surface area contributed by atoms with Gasteiger partial charge in [-0.3, -0.25) is 19.3 Å². The normalized spacial score (nSPS) is 30.8. The maximum absolute atomic E-state index is 14.0. The number of fused-ring (bicyclic) bond motifs is 7. The Bertz CT molecular complexity index is 1250. The van der Waals surface area contributed by atoms with Crippen LogP contribution < -0.4 is 10.2 Å². The van der Waals surface area contributed by atoms with Gasteiger partial charge in [-0.25, -0.2) is 4.90 Å². The molecule has 2 aromatic carbocycles. The molecule has 4 heterocycles. The van der Waals surface area contributed by atoms with Gasteiger partial charge in [0, 0.05) is 21.7 Å². The number of aryl methyl sites for hydroxylation is 1. The van der Waals surface area contributed by atoms with Crippen molar-refractivity contribution in [1.29, 1.82) is 0 Å². The summed E-state index contributed by atoms with van der Waals surface area (Å²) >= 11 is 12.5. The van der Waals surface area contributed by atoms with Gasteiger partial charge in [0.2, 0.25) is 17.7 Å². The first-order chi connectivity index (χ1) is 15.3. The lowest BCUT2D eigenvalue weighted by atomic mass is 9.75. The van der Waals surface area contributed by atoms with E-state index in [1.807, 2.05) is 19.9 Å². The lowest BCUT2D eigenvalue weighted by molar-refractivity contribution is -0.135. The summed E-state index contributed by atoms with van der Waals surface area (Å²) in [7, 11) is 0. The first kappa shape index (κ1) is 20.2. The fourth-order valence-electron chi connectivity index (χ4n) is 6.45. The summed E-state index contributed by atoms with van der Waals surface area (Å²) in [6, 6.07) is 8.64. The molecular formula is C24H21Cl2N3O3. The van der Waals surface area contributed by atoms with Gasteiger partial charge in [-0.1, -0.05) is 35.3 Å². The Morgan fingerprint density at radius 3 is 2.62 bits per heavy atom. The molecule has 0 saturated carbocycles. The molecule has 4 aliphatic rings. The van der Waals surface area contributed by atoms with Crippen LogP contribution in [0.4, 0.5) is 11.4 Å². The van der Waals surface area contributed by atoms with Crippen molar-refractivity contribution in [1.82, 2.24) is 4.90 Å².